The van der Waals surface area contributed by atoms with Gasteiger partial charge in [0.25, 0.3) is 0 Å². The summed E-state index contributed by atoms with van der Waals surface area (Å²) in [7, 11) is 0. The Morgan fingerprint density at radius 3 is 2.39 bits per heavy atom. The maximum absolute atomic E-state index is 11.8. The minimum absolute atomic E-state index is 0.0650. The highest BCUT2D eigenvalue weighted by Gasteiger charge is 2.24. The lowest BCUT2D eigenvalue weighted by atomic mass is 9.94. The quantitative estimate of drug-likeness (QED) is 0.507. The first-order valence-electron chi connectivity index (χ1n) is 7.05. The van der Waals surface area contributed by atoms with E-state index in [1.807, 2.05) is 6.92 Å². The molecule has 0 aliphatic carbocycles. The van der Waals surface area contributed by atoms with Gasteiger partial charge in [0.1, 0.15) is 6.10 Å². The third-order valence-electron chi connectivity index (χ3n) is 3.28. The predicted molar refractivity (Wildman–Crippen MR) is 74.3 cm³/mol. The van der Waals surface area contributed by atoms with E-state index < -0.39 is 0 Å². The van der Waals surface area contributed by atoms with E-state index in [0.29, 0.717) is 5.57 Å². The molecule has 0 aliphatic heterocycles. The van der Waals surface area contributed by atoms with Crippen LogP contribution in [0.1, 0.15) is 59.8 Å². The van der Waals surface area contributed by atoms with Crippen LogP contribution in [0.25, 0.3) is 0 Å². The fourth-order valence-corrected chi connectivity index (χ4v) is 1.91. The van der Waals surface area contributed by atoms with Crippen LogP contribution >= 0.6 is 0 Å². The first kappa shape index (κ1) is 17.2. The van der Waals surface area contributed by atoms with E-state index in [1.54, 1.807) is 13.0 Å². The summed E-state index contributed by atoms with van der Waals surface area (Å²) in [6.45, 7) is 7.87. The summed E-state index contributed by atoms with van der Waals surface area (Å²) in [6, 6.07) is 0. The van der Waals surface area contributed by atoms with Gasteiger partial charge >= 0.3 is 5.97 Å². The number of rotatable bonds is 9. The lowest BCUT2D eigenvalue weighted by Gasteiger charge is -2.25. The minimum atomic E-state index is -0.256. The van der Waals surface area contributed by atoms with Crippen LogP contribution < -0.4 is 0 Å². The number of carbonyl (C=O) groups is 1. The van der Waals surface area contributed by atoms with Gasteiger partial charge in [-0.1, -0.05) is 39.2 Å². The van der Waals surface area contributed by atoms with Crippen LogP contribution in [0.4, 0.5) is 0 Å². The number of unbranched alkanes of at least 4 members (excludes halogenated alkanes) is 1. The summed E-state index contributed by atoms with van der Waals surface area (Å²) in [5.74, 6) is -0.191. The van der Waals surface area contributed by atoms with E-state index in [4.69, 9.17) is 4.74 Å². The van der Waals surface area contributed by atoms with Gasteiger partial charge in [-0.2, -0.15) is 0 Å². The molecule has 0 aromatic carbocycles. The van der Waals surface area contributed by atoms with Gasteiger partial charge < -0.3 is 9.84 Å². The molecule has 0 aromatic rings. The molecule has 3 nitrogen and oxygen atoms in total. The molecule has 0 saturated carbocycles. The molecule has 3 heteroatoms. The van der Waals surface area contributed by atoms with Crippen molar-refractivity contribution in [3.05, 3.63) is 11.6 Å². The molecule has 0 heterocycles. The van der Waals surface area contributed by atoms with Crippen LogP contribution in [-0.4, -0.2) is 23.8 Å². The third kappa shape index (κ3) is 6.20. The molecule has 0 aromatic heterocycles. The van der Waals surface area contributed by atoms with Crippen molar-refractivity contribution >= 4 is 5.97 Å². The number of aliphatic hydroxyl groups excluding tert-OH is 1. The van der Waals surface area contributed by atoms with Crippen molar-refractivity contribution in [3.63, 3.8) is 0 Å². The zero-order valence-electron chi connectivity index (χ0n) is 12.2. The van der Waals surface area contributed by atoms with Crippen LogP contribution in [0.3, 0.4) is 0 Å². The molecule has 1 N–H and O–H groups in total. The SMILES string of the molecule is CC=C(C)C(=O)OC(CCCC)C(CO)CCC. The van der Waals surface area contributed by atoms with E-state index >= 15 is 0 Å². The zero-order chi connectivity index (χ0) is 14.0. The van der Waals surface area contributed by atoms with Crippen molar-refractivity contribution in [1.82, 2.24) is 0 Å². The largest absolute Gasteiger partial charge is 0.459 e. The summed E-state index contributed by atoms with van der Waals surface area (Å²) in [5.41, 5.74) is 0.629. The second kappa shape index (κ2) is 10.1. The second-order valence-corrected chi connectivity index (χ2v) is 4.79. The Balaban J connectivity index is 4.59. The van der Waals surface area contributed by atoms with E-state index in [-0.39, 0.29) is 24.6 Å². The summed E-state index contributed by atoms with van der Waals surface area (Å²) in [5, 5.41) is 9.43. The van der Waals surface area contributed by atoms with E-state index in [1.165, 1.54) is 0 Å². The van der Waals surface area contributed by atoms with Crippen molar-refractivity contribution < 1.29 is 14.6 Å². The Labute approximate surface area is 111 Å². The number of ether oxygens (including phenoxy) is 1. The summed E-state index contributed by atoms with van der Waals surface area (Å²) in [4.78, 5) is 11.8. The lowest BCUT2D eigenvalue weighted by molar-refractivity contribution is -0.148. The van der Waals surface area contributed by atoms with Crippen LogP contribution in [0.15, 0.2) is 11.6 Å². The topological polar surface area (TPSA) is 46.5 Å². The Morgan fingerprint density at radius 2 is 1.94 bits per heavy atom. The fraction of sp³-hybridized carbons (Fsp3) is 0.800. The number of carbonyl (C=O) groups excluding carboxylic acids is 1. The highest BCUT2D eigenvalue weighted by Crippen LogP contribution is 2.20. The van der Waals surface area contributed by atoms with Gasteiger partial charge in [-0.05, 0) is 26.7 Å². The van der Waals surface area contributed by atoms with Gasteiger partial charge in [0, 0.05) is 18.1 Å². The Bertz CT molecular complexity index is 258. The molecular formula is C15H28O3. The number of aliphatic hydroxyl groups is 1. The van der Waals surface area contributed by atoms with Gasteiger partial charge in [0.05, 0.1) is 0 Å². The van der Waals surface area contributed by atoms with E-state index in [2.05, 4.69) is 13.8 Å². The molecule has 106 valence electrons. The van der Waals surface area contributed by atoms with Gasteiger partial charge in [-0.25, -0.2) is 4.79 Å². The maximum atomic E-state index is 11.8. The Morgan fingerprint density at radius 1 is 1.28 bits per heavy atom. The predicted octanol–water partition coefficient (Wildman–Crippen LogP) is 3.46. The molecule has 0 spiro atoms. The maximum Gasteiger partial charge on any atom is 0.333 e. The molecule has 0 aliphatic rings. The zero-order valence-corrected chi connectivity index (χ0v) is 12.2. The molecule has 2 atom stereocenters. The smallest absolute Gasteiger partial charge is 0.333 e. The monoisotopic (exact) mass is 256 g/mol. The lowest BCUT2D eigenvalue weighted by Crippen LogP contribution is -2.30. The number of allylic oxidation sites excluding steroid dienone is 1. The molecule has 2 unspecified atom stereocenters. The first-order chi connectivity index (χ1) is 8.60. The molecule has 0 bridgehead atoms. The second-order valence-electron chi connectivity index (χ2n) is 4.79. The summed E-state index contributed by atoms with van der Waals surface area (Å²) < 4.78 is 5.54. The van der Waals surface area contributed by atoms with Crippen LogP contribution in [-0.2, 0) is 9.53 Å². The molecule has 0 amide bonds. The Kier molecular flexibility index (Phi) is 9.66. The number of hydrogen-bond acceptors (Lipinski definition) is 3. The van der Waals surface area contributed by atoms with Gasteiger partial charge in [-0.3, -0.25) is 0 Å². The minimum Gasteiger partial charge on any atom is -0.459 e. The molecule has 0 rings (SSSR count). The highest BCUT2D eigenvalue weighted by molar-refractivity contribution is 5.87. The van der Waals surface area contributed by atoms with Crippen molar-refractivity contribution in [3.8, 4) is 0 Å². The average molecular weight is 256 g/mol. The van der Waals surface area contributed by atoms with E-state index in [9.17, 15) is 9.90 Å². The normalized spacial score (nSPS) is 15.3. The third-order valence-corrected chi connectivity index (χ3v) is 3.28. The summed E-state index contributed by atoms with van der Waals surface area (Å²) in [6.07, 6.45) is 6.42. The Hall–Kier alpha value is -0.830. The number of hydrogen-bond donors (Lipinski definition) is 1. The van der Waals surface area contributed by atoms with Crippen molar-refractivity contribution in [2.24, 2.45) is 5.92 Å². The molecule has 18 heavy (non-hydrogen) atoms. The molecule has 0 fully saturated rings. The highest BCUT2D eigenvalue weighted by atomic mass is 16.5. The van der Waals surface area contributed by atoms with Gasteiger partial charge in [-0.15, -0.1) is 0 Å². The summed E-state index contributed by atoms with van der Waals surface area (Å²) >= 11 is 0. The molecular weight excluding hydrogens is 228 g/mol. The van der Waals surface area contributed by atoms with Crippen molar-refractivity contribution in [2.45, 2.75) is 65.9 Å². The fourth-order valence-electron chi connectivity index (χ4n) is 1.91. The van der Waals surface area contributed by atoms with Crippen molar-refractivity contribution in [2.75, 3.05) is 6.61 Å². The van der Waals surface area contributed by atoms with Gasteiger partial charge in [0.2, 0.25) is 0 Å². The van der Waals surface area contributed by atoms with Crippen LogP contribution in [0.2, 0.25) is 0 Å². The number of esters is 1. The van der Waals surface area contributed by atoms with Crippen LogP contribution in [0.5, 0.6) is 0 Å². The standard InChI is InChI=1S/C15H28O3/c1-5-8-10-14(13(11-16)9-6-2)18-15(17)12(4)7-3/h7,13-14,16H,5-6,8-11H2,1-4H3. The molecule has 0 radical (unpaired) electrons. The first-order valence-corrected chi connectivity index (χ1v) is 7.05. The van der Waals surface area contributed by atoms with Crippen molar-refractivity contribution in [1.29, 1.82) is 0 Å². The molecule has 0 saturated heterocycles. The van der Waals surface area contributed by atoms with Gasteiger partial charge in [0.15, 0.2) is 0 Å². The average Bonchev–Trinajstić information content (AvgIpc) is 2.39. The van der Waals surface area contributed by atoms with Crippen LogP contribution in [0, 0.1) is 5.92 Å². The van der Waals surface area contributed by atoms with E-state index in [0.717, 1.165) is 32.1 Å².